The fourth-order valence-corrected chi connectivity index (χ4v) is 3.88. The van der Waals surface area contributed by atoms with E-state index in [-0.39, 0.29) is 30.4 Å². The highest BCUT2D eigenvalue weighted by atomic mass is 19.4. The molecule has 1 aromatic heterocycles. The number of amides is 1. The Balaban J connectivity index is 2.05. The maximum Gasteiger partial charge on any atom is 0.417 e. The van der Waals surface area contributed by atoms with Gasteiger partial charge >= 0.3 is 6.18 Å². The molecule has 0 saturated carbocycles. The van der Waals surface area contributed by atoms with Gasteiger partial charge in [0.1, 0.15) is 29.8 Å². The van der Waals surface area contributed by atoms with Crippen molar-refractivity contribution in [1.82, 2.24) is 4.98 Å². The van der Waals surface area contributed by atoms with Gasteiger partial charge in [0, 0.05) is 19.3 Å². The first-order chi connectivity index (χ1) is 15.1. The molecule has 2 aromatic rings. The van der Waals surface area contributed by atoms with Crippen LogP contribution in [-0.2, 0) is 15.8 Å². The molecule has 2 heterocycles. The van der Waals surface area contributed by atoms with Crippen LogP contribution < -0.4 is 15.1 Å². The number of nitriles is 1. The third-order valence-electron chi connectivity index (χ3n) is 5.38. The largest absolute Gasteiger partial charge is 0.417 e. The summed E-state index contributed by atoms with van der Waals surface area (Å²) >= 11 is 0. The van der Waals surface area contributed by atoms with Gasteiger partial charge < -0.3 is 19.9 Å². The fraction of sp³-hybridized carbons (Fsp3) is 0.364. The first kappa shape index (κ1) is 23.1. The highest BCUT2D eigenvalue weighted by Gasteiger charge is 2.37. The Labute approximate surface area is 183 Å². The number of aromatic nitrogens is 1. The van der Waals surface area contributed by atoms with E-state index in [9.17, 15) is 28.0 Å². The number of carbonyl (C=O) groups is 2. The molecule has 1 aromatic carbocycles. The second-order valence-corrected chi connectivity index (χ2v) is 7.58. The third kappa shape index (κ3) is 4.37. The van der Waals surface area contributed by atoms with Gasteiger partial charge in [-0.2, -0.15) is 18.4 Å². The predicted molar refractivity (Wildman–Crippen MR) is 114 cm³/mol. The van der Waals surface area contributed by atoms with Gasteiger partial charge in [-0.1, -0.05) is 12.1 Å². The number of aldehydes is 1. The average molecular weight is 445 g/mol. The fourth-order valence-electron chi connectivity index (χ4n) is 3.88. The summed E-state index contributed by atoms with van der Waals surface area (Å²) < 4.78 is 40.3. The zero-order valence-electron chi connectivity index (χ0n) is 17.8. The Morgan fingerprint density at radius 1 is 1.34 bits per heavy atom. The van der Waals surface area contributed by atoms with Crippen molar-refractivity contribution >= 4 is 29.4 Å². The number of nitrogens with zero attached hydrogens (tertiary/aromatic N) is 4. The Kier molecular flexibility index (Phi) is 6.39. The van der Waals surface area contributed by atoms with Crippen molar-refractivity contribution in [3.8, 4) is 6.07 Å². The molecule has 1 aliphatic rings. The van der Waals surface area contributed by atoms with Crippen LogP contribution in [0.2, 0.25) is 0 Å². The van der Waals surface area contributed by atoms with Gasteiger partial charge in [-0.3, -0.25) is 4.79 Å². The van der Waals surface area contributed by atoms with E-state index >= 15 is 0 Å². The second kappa shape index (κ2) is 8.86. The molecule has 0 fully saturated rings. The van der Waals surface area contributed by atoms with Gasteiger partial charge in [0.15, 0.2) is 0 Å². The first-order valence-electron chi connectivity index (χ1n) is 9.89. The van der Waals surface area contributed by atoms with Crippen LogP contribution in [0.3, 0.4) is 0 Å². The Bertz CT molecular complexity index is 1090. The Morgan fingerprint density at radius 2 is 2.06 bits per heavy atom. The van der Waals surface area contributed by atoms with E-state index in [1.807, 2.05) is 17.9 Å². The molecule has 1 amide bonds. The zero-order valence-corrected chi connectivity index (χ0v) is 17.8. The number of alkyl halides is 3. The molecule has 0 saturated heterocycles. The quantitative estimate of drug-likeness (QED) is 0.726. The highest BCUT2D eigenvalue weighted by Crippen LogP contribution is 2.37. The lowest BCUT2D eigenvalue weighted by Crippen LogP contribution is -2.46. The number of benzene rings is 1. The number of pyridine rings is 1. The third-order valence-corrected chi connectivity index (χ3v) is 5.38. The minimum Gasteiger partial charge on any atom is -0.363 e. The van der Waals surface area contributed by atoms with Gasteiger partial charge in [0.25, 0.3) is 0 Å². The summed E-state index contributed by atoms with van der Waals surface area (Å²) in [5, 5.41) is 12.2. The summed E-state index contributed by atoms with van der Waals surface area (Å²) in [6.45, 7) is 3.66. The Morgan fingerprint density at radius 3 is 2.69 bits per heavy atom. The van der Waals surface area contributed by atoms with E-state index in [4.69, 9.17) is 0 Å². The molecular formula is C22H22F3N5O2. The molecule has 1 atom stereocenters. The smallest absolute Gasteiger partial charge is 0.363 e. The minimum atomic E-state index is -4.74. The van der Waals surface area contributed by atoms with Crippen molar-refractivity contribution in [2.24, 2.45) is 0 Å². The monoisotopic (exact) mass is 445 g/mol. The number of carbonyl (C=O) groups excluding carboxylic acids is 2. The molecule has 10 heteroatoms. The van der Waals surface area contributed by atoms with Gasteiger partial charge in [-0.15, -0.1) is 0 Å². The van der Waals surface area contributed by atoms with Gasteiger partial charge in [0.2, 0.25) is 5.91 Å². The average Bonchev–Trinajstić information content (AvgIpc) is 2.73. The lowest BCUT2D eigenvalue weighted by Gasteiger charge is -2.36. The maximum absolute atomic E-state index is 13.4. The van der Waals surface area contributed by atoms with Crippen molar-refractivity contribution in [1.29, 1.82) is 5.26 Å². The lowest BCUT2D eigenvalue weighted by molar-refractivity contribution is -0.137. The number of halogens is 3. The number of aryl methyl sites for hydroxylation is 2. The van der Waals surface area contributed by atoms with E-state index in [1.54, 1.807) is 25.2 Å². The van der Waals surface area contributed by atoms with Gasteiger partial charge in [0.05, 0.1) is 23.5 Å². The van der Waals surface area contributed by atoms with Crippen molar-refractivity contribution in [2.75, 3.05) is 35.3 Å². The standard InChI is InChI=1S/C22H22F3N5O2/c1-13-5-4-6-18-19(13)30(9-10-31)8-7-17(21(32)29(18)3)28-20-15(12-26)16(22(23,24)25)11-14(2)27-20/h4-6,10-11,17H,7-9H2,1-3H3,(H,27,28)/t17-/m0/s1. The van der Waals surface area contributed by atoms with Gasteiger partial charge in [-0.25, -0.2) is 4.98 Å². The molecule has 7 nitrogen and oxygen atoms in total. The van der Waals surface area contributed by atoms with Crippen LogP contribution in [0.5, 0.6) is 0 Å². The highest BCUT2D eigenvalue weighted by molar-refractivity contribution is 6.02. The lowest BCUT2D eigenvalue weighted by atomic mass is 10.0. The SMILES string of the molecule is Cc1cc(C(F)(F)F)c(C#N)c(N[C@H]2CCN(CC=O)c3c(C)cccc3N(C)C2=O)n1. The Hall–Kier alpha value is -3.61. The molecule has 0 radical (unpaired) electrons. The van der Waals surface area contributed by atoms with Crippen molar-refractivity contribution < 1.29 is 22.8 Å². The molecule has 1 aliphatic heterocycles. The summed E-state index contributed by atoms with van der Waals surface area (Å²) in [5.74, 6) is -0.679. The summed E-state index contributed by atoms with van der Waals surface area (Å²) in [5.41, 5.74) is 0.509. The summed E-state index contributed by atoms with van der Waals surface area (Å²) in [4.78, 5) is 31.8. The molecule has 0 aliphatic carbocycles. The molecule has 32 heavy (non-hydrogen) atoms. The number of rotatable bonds is 4. The van der Waals surface area contributed by atoms with E-state index in [1.165, 1.54) is 11.8 Å². The number of para-hydroxylation sites is 1. The summed E-state index contributed by atoms with van der Waals surface area (Å²) in [6.07, 6.45) is -3.80. The number of nitrogens with one attached hydrogen (secondary N) is 1. The van der Waals surface area contributed by atoms with Crippen LogP contribution in [0, 0.1) is 25.2 Å². The number of likely N-dealkylation sites (N-methyl/N-ethyl adjacent to an activating group) is 1. The van der Waals surface area contributed by atoms with Crippen molar-refractivity contribution in [3.63, 3.8) is 0 Å². The van der Waals surface area contributed by atoms with Crippen LogP contribution in [0.25, 0.3) is 0 Å². The molecular weight excluding hydrogens is 423 g/mol. The van der Waals surface area contributed by atoms with E-state index in [2.05, 4.69) is 10.3 Å². The minimum absolute atomic E-state index is 0.0639. The van der Waals surface area contributed by atoms with E-state index in [0.29, 0.717) is 12.2 Å². The van der Waals surface area contributed by atoms with Crippen LogP contribution in [0.15, 0.2) is 24.3 Å². The van der Waals surface area contributed by atoms with E-state index in [0.717, 1.165) is 23.6 Å². The normalized spacial score (nSPS) is 16.7. The molecule has 1 N–H and O–H groups in total. The maximum atomic E-state index is 13.4. The summed E-state index contributed by atoms with van der Waals surface area (Å²) in [7, 11) is 1.57. The molecule has 0 bridgehead atoms. The molecule has 168 valence electrons. The predicted octanol–water partition coefficient (Wildman–Crippen LogP) is 3.44. The number of anilines is 3. The zero-order chi connectivity index (χ0) is 23.6. The molecule has 3 rings (SSSR count). The van der Waals surface area contributed by atoms with Crippen LogP contribution in [0.4, 0.5) is 30.4 Å². The topological polar surface area (TPSA) is 89.3 Å². The second-order valence-electron chi connectivity index (χ2n) is 7.58. The summed E-state index contributed by atoms with van der Waals surface area (Å²) in [6, 6.07) is 6.82. The van der Waals surface area contributed by atoms with Crippen LogP contribution >= 0.6 is 0 Å². The van der Waals surface area contributed by atoms with Crippen molar-refractivity contribution in [3.05, 3.63) is 46.6 Å². The van der Waals surface area contributed by atoms with Crippen LogP contribution in [-0.4, -0.2) is 43.4 Å². The number of hydrogen-bond acceptors (Lipinski definition) is 6. The number of fused-ring (bicyclic) bond motifs is 1. The van der Waals surface area contributed by atoms with E-state index < -0.39 is 23.3 Å². The molecule has 0 spiro atoms. The van der Waals surface area contributed by atoms with Crippen LogP contribution in [0.1, 0.15) is 28.8 Å². The number of hydrogen-bond donors (Lipinski definition) is 1. The molecule has 0 unspecified atom stereocenters. The van der Waals surface area contributed by atoms with Gasteiger partial charge in [-0.05, 0) is 38.0 Å². The first-order valence-corrected chi connectivity index (χ1v) is 9.89. The van der Waals surface area contributed by atoms with Crippen molar-refractivity contribution in [2.45, 2.75) is 32.5 Å².